The maximum absolute atomic E-state index is 11.4. The van der Waals surface area contributed by atoms with E-state index >= 15 is 0 Å². The molecule has 0 unspecified atom stereocenters. The molecule has 7 heteroatoms. The first-order valence-corrected chi connectivity index (χ1v) is 6.42. The van der Waals surface area contributed by atoms with E-state index in [1.54, 1.807) is 20.8 Å². The van der Waals surface area contributed by atoms with Gasteiger partial charge < -0.3 is 4.74 Å². The second-order valence-electron chi connectivity index (χ2n) is 3.88. The zero-order valence-corrected chi connectivity index (χ0v) is 10.4. The van der Waals surface area contributed by atoms with Gasteiger partial charge >= 0.3 is 5.97 Å². The van der Waals surface area contributed by atoms with Gasteiger partial charge in [-0.3, -0.25) is 4.79 Å². The molecule has 1 N–H and O–H groups in total. The maximum atomic E-state index is 11.4. The summed E-state index contributed by atoms with van der Waals surface area (Å²) in [6.07, 6.45) is 0. The minimum atomic E-state index is -3.72. The topological polar surface area (TPSA) is 96.3 Å². The Hall–Kier alpha value is -1.13. The van der Waals surface area contributed by atoms with Crippen LogP contribution in [0.25, 0.3) is 0 Å². The smallest absolute Gasteiger partial charge is 0.322 e. The van der Waals surface area contributed by atoms with Crippen molar-refractivity contribution in [3.05, 3.63) is 0 Å². The summed E-state index contributed by atoms with van der Waals surface area (Å²) >= 11 is 0. The van der Waals surface area contributed by atoms with Gasteiger partial charge in [-0.25, -0.2) is 13.1 Å². The van der Waals surface area contributed by atoms with Crippen LogP contribution in [0.2, 0.25) is 0 Å². The third-order valence-electron chi connectivity index (χ3n) is 1.65. The quantitative estimate of drug-likeness (QED) is 0.668. The Morgan fingerprint density at radius 1 is 1.50 bits per heavy atom. The summed E-state index contributed by atoms with van der Waals surface area (Å²) in [5, 5.41) is 8.68. The lowest BCUT2D eigenvalue weighted by molar-refractivity contribution is -0.139. The predicted molar refractivity (Wildman–Crippen MR) is 57.8 cm³/mol. The molecule has 0 spiro atoms. The molecule has 0 fully saturated rings. The minimum absolute atomic E-state index is 0.0365. The summed E-state index contributed by atoms with van der Waals surface area (Å²) in [5.41, 5.74) is -0.804. The van der Waals surface area contributed by atoms with Crippen molar-refractivity contribution in [3.8, 4) is 6.07 Å². The molecule has 0 heterocycles. The normalized spacial score (nSPS) is 11.9. The number of carbonyl (C=O) groups is 1. The van der Waals surface area contributed by atoms with E-state index in [1.165, 1.54) is 0 Å². The molecule has 0 aromatic carbocycles. The highest BCUT2D eigenvalue weighted by atomic mass is 32.2. The van der Waals surface area contributed by atoms with Gasteiger partial charge in [-0.15, -0.1) is 0 Å². The molecule has 0 bridgehead atoms. The molecule has 16 heavy (non-hydrogen) atoms. The Labute approximate surface area is 95.6 Å². The molecule has 0 aromatic rings. The predicted octanol–water partition coefficient (Wildman–Crippen LogP) is 0.0187. The van der Waals surface area contributed by atoms with Gasteiger partial charge in [0.2, 0.25) is 10.0 Å². The zero-order chi connectivity index (χ0) is 12.8. The monoisotopic (exact) mass is 248 g/mol. The second kappa shape index (κ2) is 5.82. The van der Waals surface area contributed by atoms with Crippen molar-refractivity contribution in [2.24, 2.45) is 5.41 Å². The molecule has 92 valence electrons. The Morgan fingerprint density at radius 2 is 2.06 bits per heavy atom. The molecule has 0 saturated heterocycles. The van der Waals surface area contributed by atoms with Crippen LogP contribution in [-0.2, 0) is 19.6 Å². The van der Waals surface area contributed by atoms with Crippen molar-refractivity contribution < 1.29 is 17.9 Å². The van der Waals surface area contributed by atoms with Crippen LogP contribution >= 0.6 is 0 Å². The largest absolute Gasteiger partial charge is 0.465 e. The Balaban J connectivity index is 4.28. The molecule has 0 aliphatic heterocycles. The van der Waals surface area contributed by atoms with Gasteiger partial charge in [0.1, 0.15) is 0 Å². The highest BCUT2D eigenvalue weighted by molar-refractivity contribution is 7.90. The maximum Gasteiger partial charge on any atom is 0.322 e. The van der Waals surface area contributed by atoms with Gasteiger partial charge in [0.05, 0.1) is 18.1 Å². The van der Waals surface area contributed by atoms with E-state index in [2.05, 4.69) is 9.46 Å². The molecule has 0 rings (SSSR count). The number of esters is 1. The Morgan fingerprint density at radius 3 is 2.50 bits per heavy atom. The summed E-state index contributed by atoms with van der Waals surface area (Å²) in [5.74, 6) is -1.52. The molecule has 0 aromatic heterocycles. The lowest BCUT2D eigenvalue weighted by atomic mass is 9.97. The molecule has 0 amide bonds. The minimum Gasteiger partial charge on any atom is -0.465 e. The molecule has 0 radical (unpaired) electrons. The fourth-order valence-corrected chi connectivity index (χ4v) is 1.82. The number of ether oxygens (including phenoxy) is 1. The number of sulfonamides is 1. The van der Waals surface area contributed by atoms with Crippen LogP contribution in [0.1, 0.15) is 20.8 Å². The van der Waals surface area contributed by atoms with E-state index in [0.717, 1.165) is 0 Å². The van der Waals surface area contributed by atoms with Crippen molar-refractivity contribution in [3.63, 3.8) is 0 Å². The van der Waals surface area contributed by atoms with Crippen LogP contribution in [0.4, 0.5) is 0 Å². The summed E-state index contributed by atoms with van der Waals surface area (Å²) < 4.78 is 29.4. The number of nitrogens with one attached hydrogen (secondary N) is 1. The van der Waals surface area contributed by atoms with Gasteiger partial charge in [0, 0.05) is 6.54 Å². The van der Waals surface area contributed by atoms with Crippen LogP contribution in [0.5, 0.6) is 0 Å². The fourth-order valence-electron chi connectivity index (χ4n) is 0.739. The standard InChI is InChI=1S/C9H16N2O4S/c1-4-15-8(12)5-16(13,14)11-7-9(2,3)6-10/h11H,4-5,7H2,1-3H3. The number of hydrogen-bond acceptors (Lipinski definition) is 5. The molecule has 0 aliphatic rings. The van der Waals surface area contributed by atoms with E-state index in [-0.39, 0.29) is 13.2 Å². The fraction of sp³-hybridized carbons (Fsp3) is 0.778. The van der Waals surface area contributed by atoms with Crippen LogP contribution in [0.3, 0.4) is 0 Å². The number of carbonyl (C=O) groups excluding carboxylic acids is 1. The molecular formula is C9H16N2O4S. The van der Waals surface area contributed by atoms with Crippen molar-refractivity contribution in [2.75, 3.05) is 18.9 Å². The van der Waals surface area contributed by atoms with Crippen LogP contribution in [-0.4, -0.2) is 33.3 Å². The number of nitrogens with zero attached hydrogens (tertiary/aromatic N) is 1. The van der Waals surface area contributed by atoms with Crippen LogP contribution < -0.4 is 4.72 Å². The van der Waals surface area contributed by atoms with Crippen molar-refractivity contribution in [2.45, 2.75) is 20.8 Å². The van der Waals surface area contributed by atoms with E-state index < -0.39 is 27.2 Å². The summed E-state index contributed by atoms with van der Waals surface area (Å²) in [6.45, 7) is 4.89. The third kappa shape index (κ3) is 6.37. The molecule has 0 atom stereocenters. The SMILES string of the molecule is CCOC(=O)CS(=O)(=O)NCC(C)(C)C#N. The Kier molecular flexibility index (Phi) is 5.41. The Bertz CT molecular complexity index is 381. The lowest BCUT2D eigenvalue weighted by Crippen LogP contribution is -2.37. The average Bonchev–Trinajstić information content (AvgIpc) is 2.15. The second-order valence-corrected chi connectivity index (χ2v) is 5.69. The summed E-state index contributed by atoms with van der Waals surface area (Å²) in [6, 6.07) is 1.95. The van der Waals surface area contributed by atoms with Crippen LogP contribution in [0, 0.1) is 16.7 Å². The van der Waals surface area contributed by atoms with Crippen LogP contribution in [0.15, 0.2) is 0 Å². The first-order chi connectivity index (χ1) is 7.22. The van der Waals surface area contributed by atoms with Crippen molar-refractivity contribution in [1.82, 2.24) is 4.72 Å². The molecule has 0 aliphatic carbocycles. The van der Waals surface area contributed by atoms with E-state index in [9.17, 15) is 13.2 Å². The lowest BCUT2D eigenvalue weighted by Gasteiger charge is -2.15. The zero-order valence-electron chi connectivity index (χ0n) is 9.61. The highest BCUT2D eigenvalue weighted by Crippen LogP contribution is 2.11. The van der Waals surface area contributed by atoms with E-state index in [1.807, 2.05) is 6.07 Å². The molecule has 6 nitrogen and oxygen atoms in total. The van der Waals surface area contributed by atoms with Crippen molar-refractivity contribution >= 4 is 16.0 Å². The van der Waals surface area contributed by atoms with E-state index in [4.69, 9.17) is 5.26 Å². The van der Waals surface area contributed by atoms with Gasteiger partial charge in [-0.05, 0) is 20.8 Å². The van der Waals surface area contributed by atoms with Gasteiger partial charge in [0.25, 0.3) is 0 Å². The summed E-state index contributed by atoms with van der Waals surface area (Å²) in [4.78, 5) is 10.9. The highest BCUT2D eigenvalue weighted by Gasteiger charge is 2.22. The first-order valence-electron chi connectivity index (χ1n) is 4.76. The number of rotatable bonds is 6. The van der Waals surface area contributed by atoms with Crippen molar-refractivity contribution in [1.29, 1.82) is 5.26 Å². The number of hydrogen-bond donors (Lipinski definition) is 1. The third-order valence-corrected chi connectivity index (χ3v) is 2.85. The molecular weight excluding hydrogens is 232 g/mol. The van der Waals surface area contributed by atoms with E-state index in [0.29, 0.717) is 0 Å². The first kappa shape index (κ1) is 14.9. The number of nitriles is 1. The van der Waals surface area contributed by atoms with Gasteiger partial charge in [0.15, 0.2) is 5.75 Å². The molecule has 0 saturated carbocycles. The summed E-state index contributed by atoms with van der Waals surface area (Å²) in [7, 11) is -3.72. The van der Waals surface area contributed by atoms with Gasteiger partial charge in [-0.1, -0.05) is 0 Å². The van der Waals surface area contributed by atoms with Gasteiger partial charge in [-0.2, -0.15) is 5.26 Å². The average molecular weight is 248 g/mol.